The van der Waals surface area contributed by atoms with Crippen LogP contribution in [-0.4, -0.2) is 11.9 Å². The molecule has 1 atom stereocenters. The summed E-state index contributed by atoms with van der Waals surface area (Å²) in [5, 5.41) is 2.88. The number of rotatable bonds is 6. The van der Waals surface area contributed by atoms with Crippen LogP contribution >= 0.6 is 0 Å². The van der Waals surface area contributed by atoms with E-state index in [-0.39, 0.29) is 5.91 Å². The number of hydrogen-bond donors (Lipinski definition) is 2. The zero-order chi connectivity index (χ0) is 13.5. The van der Waals surface area contributed by atoms with Crippen LogP contribution in [0.25, 0.3) is 0 Å². The average Bonchev–Trinajstić information content (AvgIpc) is 2.35. The lowest BCUT2D eigenvalue weighted by molar-refractivity contribution is -0.122. The van der Waals surface area contributed by atoms with E-state index in [1.165, 1.54) is 5.56 Å². The molecule has 0 aliphatic heterocycles. The summed E-state index contributed by atoms with van der Waals surface area (Å²) in [7, 11) is 0. The highest BCUT2D eigenvalue weighted by Gasteiger charge is 2.14. The molecular formula is C15H24N2O. The molecule has 3 heteroatoms. The van der Waals surface area contributed by atoms with Gasteiger partial charge in [-0.3, -0.25) is 4.79 Å². The van der Waals surface area contributed by atoms with Crippen LogP contribution in [0.1, 0.15) is 38.3 Å². The van der Waals surface area contributed by atoms with Crippen molar-refractivity contribution in [2.45, 2.75) is 46.2 Å². The number of carbonyl (C=O) groups is 1. The Morgan fingerprint density at radius 2 is 1.78 bits per heavy atom. The number of amides is 1. The highest BCUT2D eigenvalue weighted by atomic mass is 16.2. The van der Waals surface area contributed by atoms with Crippen LogP contribution in [0.15, 0.2) is 24.3 Å². The summed E-state index contributed by atoms with van der Waals surface area (Å²) in [6.07, 6.45) is 1.76. The van der Waals surface area contributed by atoms with Crippen molar-refractivity contribution < 1.29 is 4.79 Å². The predicted molar refractivity (Wildman–Crippen MR) is 75.1 cm³/mol. The van der Waals surface area contributed by atoms with E-state index >= 15 is 0 Å². The van der Waals surface area contributed by atoms with Crippen LogP contribution in [0.3, 0.4) is 0 Å². The summed E-state index contributed by atoms with van der Waals surface area (Å²) in [6.45, 7) is 6.81. The Bertz CT molecular complexity index is 371. The second-order valence-corrected chi connectivity index (χ2v) is 5.12. The van der Waals surface area contributed by atoms with Gasteiger partial charge in [0.25, 0.3) is 0 Å². The van der Waals surface area contributed by atoms with Crippen molar-refractivity contribution >= 4 is 5.91 Å². The first kappa shape index (κ1) is 14.7. The van der Waals surface area contributed by atoms with Crippen molar-refractivity contribution in [3.8, 4) is 0 Å². The number of nitrogens with one attached hydrogen (secondary N) is 1. The van der Waals surface area contributed by atoms with Crippen molar-refractivity contribution in [2.75, 3.05) is 0 Å². The number of nitrogens with two attached hydrogens (primary N) is 1. The van der Waals surface area contributed by atoms with Gasteiger partial charge in [0, 0.05) is 6.54 Å². The van der Waals surface area contributed by atoms with E-state index in [0.717, 1.165) is 18.4 Å². The maximum Gasteiger partial charge on any atom is 0.237 e. The Morgan fingerprint density at radius 3 is 2.28 bits per heavy atom. The smallest absolute Gasteiger partial charge is 0.237 e. The number of benzene rings is 1. The van der Waals surface area contributed by atoms with E-state index in [1.54, 1.807) is 0 Å². The molecule has 0 aliphatic rings. The van der Waals surface area contributed by atoms with Gasteiger partial charge in [-0.25, -0.2) is 0 Å². The number of carbonyl (C=O) groups excluding carboxylic acids is 1. The summed E-state index contributed by atoms with van der Waals surface area (Å²) >= 11 is 0. The topological polar surface area (TPSA) is 55.1 Å². The summed E-state index contributed by atoms with van der Waals surface area (Å²) in [5.74, 6) is 0.373. The molecule has 0 saturated carbocycles. The molecule has 0 bridgehead atoms. The molecule has 0 radical (unpaired) electrons. The van der Waals surface area contributed by atoms with E-state index in [2.05, 4.69) is 38.2 Å². The van der Waals surface area contributed by atoms with Gasteiger partial charge in [-0.2, -0.15) is 0 Å². The molecule has 1 rings (SSSR count). The molecule has 0 aromatic heterocycles. The molecule has 3 nitrogen and oxygen atoms in total. The first-order chi connectivity index (χ1) is 8.52. The minimum Gasteiger partial charge on any atom is -0.351 e. The molecule has 0 unspecified atom stereocenters. The molecule has 18 heavy (non-hydrogen) atoms. The van der Waals surface area contributed by atoms with Gasteiger partial charge in [0.05, 0.1) is 6.04 Å². The van der Waals surface area contributed by atoms with Crippen molar-refractivity contribution in [1.82, 2.24) is 5.32 Å². The first-order valence-electron chi connectivity index (χ1n) is 6.64. The number of aryl methyl sites for hydroxylation is 1. The van der Waals surface area contributed by atoms with Gasteiger partial charge in [0.1, 0.15) is 0 Å². The van der Waals surface area contributed by atoms with Gasteiger partial charge in [0.2, 0.25) is 5.91 Å². The molecule has 100 valence electrons. The largest absolute Gasteiger partial charge is 0.351 e. The molecule has 0 aliphatic carbocycles. The highest BCUT2D eigenvalue weighted by Crippen LogP contribution is 2.06. The van der Waals surface area contributed by atoms with Crippen molar-refractivity contribution in [3.63, 3.8) is 0 Å². The Balaban J connectivity index is 2.41. The quantitative estimate of drug-likeness (QED) is 0.811. The lowest BCUT2D eigenvalue weighted by Gasteiger charge is -2.14. The second kappa shape index (κ2) is 7.17. The van der Waals surface area contributed by atoms with Crippen LogP contribution in [0, 0.1) is 5.92 Å². The van der Waals surface area contributed by atoms with Gasteiger partial charge in [-0.05, 0) is 29.9 Å². The van der Waals surface area contributed by atoms with E-state index in [1.807, 2.05) is 12.1 Å². The molecule has 1 amide bonds. The molecule has 1 aromatic rings. The summed E-state index contributed by atoms with van der Waals surface area (Å²) in [4.78, 5) is 11.7. The third-order valence-electron chi connectivity index (χ3n) is 2.96. The predicted octanol–water partition coefficient (Wildman–Crippen LogP) is 2.24. The van der Waals surface area contributed by atoms with Crippen molar-refractivity contribution in [3.05, 3.63) is 35.4 Å². The molecule has 0 heterocycles. The van der Waals surface area contributed by atoms with E-state index in [9.17, 15) is 4.79 Å². The Kier molecular flexibility index (Phi) is 5.86. The minimum atomic E-state index is -0.403. The molecular weight excluding hydrogens is 224 g/mol. The zero-order valence-corrected chi connectivity index (χ0v) is 11.6. The maximum atomic E-state index is 11.7. The van der Waals surface area contributed by atoms with Gasteiger partial charge < -0.3 is 11.1 Å². The van der Waals surface area contributed by atoms with Crippen LogP contribution < -0.4 is 11.1 Å². The highest BCUT2D eigenvalue weighted by molar-refractivity contribution is 5.81. The fraction of sp³-hybridized carbons (Fsp3) is 0.533. The molecule has 0 fully saturated rings. The lowest BCUT2D eigenvalue weighted by Crippen LogP contribution is -2.41. The third-order valence-corrected chi connectivity index (χ3v) is 2.96. The monoisotopic (exact) mass is 248 g/mol. The molecule has 1 aromatic carbocycles. The van der Waals surface area contributed by atoms with Gasteiger partial charge in [0.15, 0.2) is 0 Å². The fourth-order valence-corrected chi connectivity index (χ4v) is 1.83. The Morgan fingerprint density at radius 1 is 1.22 bits per heavy atom. The standard InChI is InChI=1S/C15H24N2O/c1-4-12-5-7-13(8-6-12)10-17-15(18)14(16)9-11(2)3/h5-8,11,14H,4,9-10,16H2,1-3H3,(H,17,18)/t14-/m1/s1. The van der Waals surface area contributed by atoms with Crippen LogP contribution in [-0.2, 0) is 17.8 Å². The Hall–Kier alpha value is -1.35. The summed E-state index contributed by atoms with van der Waals surface area (Å²) < 4.78 is 0. The fourth-order valence-electron chi connectivity index (χ4n) is 1.83. The third kappa shape index (κ3) is 4.88. The van der Waals surface area contributed by atoms with Crippen LogP contribution in [0.4, 0.5) is 0 Å². The first-order valence-corrected chi connectivity index (χ1v) is 6.64. The SMILES string of the molecule is CCc1ccc(CNC(=O)[C@H](N)CC(C)C)cc1. The van der Waals surface area contributed by atoms with Crippen molar-refractivity contribution in [1.29, 1.82) is 0 Å². The van der Waals surface area contributed by atoms with Gasteiger partial charge in [-0.15, -0.1) is 0 Å². The number of hydrogen-bond acceptors (Lipinski definition) is 2. The van der Waals surface area contributed by atoms with E-state index in [4.69, 9.17) is 5.73 Å². The minimum absolute atomic E-state index is 0.0664. The van der Waals surface area contributed by atoms with Gasteiger partial charge in [-0.1, -0.05) is 45.0 Å². The molecule has 3 N–H and O–H groups in total. The maximum absolute atomic E-state index is 11.7. The van der Waals surface area contributed by atoms with E-state index < -0.39 is 6.04 Å². The average molecular weight is 248 g/mol. The summed E-state index contributed by atoms with van der Waals surface area (Å²) in [6, 6.07) is 7.88. The van der Waals surface area contributed by atoms with Crippen LogP contribution in [0.2, 0.25) is 0 Å². The molecule has 0 saturated heterocycles. The zero-order valence-electron chi connectivity index (χ0n) is 11.6. The normalized spacial score (nSPS) is 12.5. The Labute approximate surface area is 110 Å². The second-order valence-electron chi connectivity index (χ2n) is 5.12. The van der Waals surface area contributed by atoms with Crippen molar-refractivity contribution in [2.24, 2.45) is 11.7 Å². The molecule has 0 spiro atoms. The van der Waals surface area contributed by atoms with E-state index in [0.29, 0.717) is 12.5 Å². The lowest BCUT2D eigenvalue weighted by atomic mass is 10.0. The van der Waals surface area contributed by atoms with Gasteiger partial charge >= 0.3 is 0 Å². The van der Waals surface area contributed by atoms with Crippen LogP contribution in [0.5, 0.6) is 0 Å². The summed E-state index contributed by atoms with van der Waals surface area (Å²) in [5.41, 5.74) is 8.23.